The van der Waals surface area contributed by atoms with Gasteiger partial charge in [0.25, 0.3) is 11.6 Å². The minimum atomic E-state index is -0.905. The van der Waals surface area contributed by atoms with Crippen molar-refractivity contribution in [3.63, 3.8) is 0 Å². The lowest BCUT2D eigenvalue weighted by Crippen LogP contribution is -2.47. The highest BCUT2D eigenvalue weighted by Crippen LogP contribution is 2.19. The Morgan fingerprint density at radius 3 is 2.55 bits per heavy atom. The third kappa shape index (κ3) is 3.64. The third-order valence-corrected chi connectivity index (χ3v) is 2.84. The summed E-state index contributed by atoms with van der Waals surface area (Å²) in [5, 5.41) is 12.8. The molecule has 1 unspecified atom stereocenters. The summed E-state index contributed by atoms with van der Waals surface area (Å²) in [6, 6.07) is 0.0843. The molecule has 0 radical (unpaired) electrons. The van der Waals surface area contributed by atoms with Crippen LogP contribution in [0, 0.1) is 16.0 Å². The number of aromatic nitrogens is 1. The Kier molecular flexibility index (Phi) is 4.98. The molecule has 1 heterocycles. The summed E-state index contributed by atoms with van der Waals surface area (Å²) in [5.74, 6) is -1.69. The van der Waals surface area contributed by atoms with Crippen LogP contribution in [0.5, 0.6) is 0 Å². The fourth-order valence-corrected chi connectivity index (χ4v) is 1.67. The number of rotatable bonds is 5. The van der Waals surface area contributed by atoms with Gasteiger partial charge >= 0.3 is 0 Å². The van der Waals surface area contributed by atoms with Crippen molar-refractivity contribution in [1.82, 2.24) is 10.3 Å². The predicted octanol–water partition coefficient (Wildman–Crippen LogP) is 0.883. The first-order valence-corrected chi connectivity index (χ1v) is 6.02. The number of primary amides is 1. The summed E-state index contributed by atoms with van der Waals surface area (Å²) >= 11 is 5.73. The second kappa shape index (κ2) is 6.29. The van der Waals surface area contributed by atoms with Crippen LogP contribution in [0.2, 0.25) is 5.15 Å². The summed E-state index contributed by atoms with van der Waals surface area (Å²) in [4.78, 5) is 36.7. The van der Waals surface area contributed by atoms with Crippen LogP contribution in [-0.2, 0) is 4.79 Å². The van der Waals surface area contributed by atoms with Gasteiger partial charge in [0.05, 0.1) is 10.5 Å². The molecule has 2 amide bonds. The van der Waals surface area contributed by atoms with Crippen molar-refractivity contribution in [2.45, 2.75) is 19.9 Å². The summed E-state index contributed by atoms with van der Waals surface area (Å²) < 4.78 is 0. The van der Waals surface area contributed by atoms with Crippen LogP contribution < -0.4 is 11.1 Å². The fraction of sp³-hybridized carbons (Fsp3) is 0.364. The van der Waals surface area contributed by atoms with Gasteiger partial charge in [0.15, 0.2) is 0 Å². The van der Waals surface area contributed by atoms with E-state index in [4.69, 9.17) is 17.3 Å². The Balaban J connectivity index is 3.05. The molecule has 1 rings (SSSR count). The molecular weight excluding hydrogens is 288 g/mol. The molecule has 0 fully saturated rings. The van der Waals surface area contributed by atoms with Crippen molar-refractivity contribution >= 4 is 29.1 Å². The van der Waals surface area contributed by atoms with Crippen molar-refractivity contribution in [1.29, 1.82) is 0 Å². The zero-order chi connectivity index (χ0) is 15.4. The van der Waals surface area contributed by atoms with Gasteiger partial charge in [-0.15, -0.1) is 0 Å². The molecule has 1 atom stereocenters. The minimum Gasteiger partial charge on any atom is -0.368 e. The van der Waals surface area contributed by atoms with Gasteiger partial charge in [-0.2, -0.15) is 0 Å². The summed E-state index contributed by atoms with van der Waals surface area (Å²) in [5.41, 5.74) is 4.61. The number of carbonyl (C=O) groups is 2. The van der Waals surface area contributed by atoms with E-state index >= 15 is 0 Å². The van der Waals surface area contributed by atoms with Crippen LogP contribution in [0.3, 0.4) is 0 Å². The number of hydrogen-bond donors (Lipinski definition) is 2. The molecule has 0 spiro atoms. The number of nitrogens with zero attached hydrogens (tertiary/aromatic N) is 2. The third-order valence-electron chi connectivity index (χ3n) is 2.54. The van der Waals surface area contributed by atoms with Crippen molar-refractivity contribution in [2.75, 3.05) is 0 Å². The zero-order valence-corrected chi connectivity index (χ0v) is 11.5. The number of carbonyl (C=O) groups excluding carboxylic acids is 2. The summed E-state index contributed by atoms with van der Waals surface area (Å²) in [6.07, 6.45) is 0.938. The Morgan fingerprint density at radius 2 is 2.10 bits per heavy atom. The molecular formula is C11H13ClN4O4. The van der Waals surface area contributed by atoms with Crippen LogP contribution in [0.4, 0.5) is 5.69 Å². The van der Waals surface area contributed by atoms with E-state index in [1.54, 1.807) is 13.8 Å². The van der Waals surface area contributed by atoms with E-state index in [9.17, 15) is 19.7 Å². The monoisotopic (exact) mass is 300 g/mol. The van der Waals surface area contributed by atoms with Crippen molar-refractivity contribution < 1.29 is 14.5 Å². The standard InChI is InChI=1S/C11H13ClN4O4/c1-5(2)8(10(13)17)15-11(18)7-3-6(16(19)20)4-14-9(7)12/h3-5,8H,1-2H3,(H2,13,17)(H,15,18). The van der Waals surface area contributed by atoms with Crippen molar-refractivity contribution in [3.05, 3.63) is 33.1 Å². The van der Waals surface area contributed by atoms with E-state index in [1.165, 1.54) is 0 Å². The lowest BCUT2D eigenvalue weighted by Gasteiger charge is -2.18. The molecule has 3 N–H and O–H groups in total. The quantitative estimate of drug-likeness (QED) is 0.474. The smallest absolute Gasteiger partial charge is 0.288 e. The average Bonchev–Trinajstić information content (AvgIpc) is 2.34. The number of nitrogens with two attached hydrogens (primary N) is 1. The van der Waals surface area contributed by atoms with Gasteiger partial charge in [-0.05, 0) is 5.92 Å². The van der Waals surface area contributed by atoms with Crippen molar-refractivity contribution in [3.8, 4) is 0 Å². The average molecular weight is 301 g/mol. The second-order valence-electron chi connectivity index (χ2n) is 4.39. The molecule has 108 valence electrons. The molecule has 0 saturated heterocycles. The molecule has 9 heteroatoms. The molecule has 8 nitrogen and oxygen atoms in total. The Bertz CT molecular complexity index is 561. The van der Waals surface area contributed by atoms with Crippen LogP contribution in [0.15, 0.2) is 12.3 Å². The first-order chi connectivity index (χ1) is 9.23. The maximum Gasteiger partial charge on any atom is 0.288 e. The molecule has 0 saturated carbocycles. The molecule has 0 aliphatic heterocycles. The van der Waals surface area contributed by atoms with Gasteiger partial charge in [0.2, 0.25) is 5.91 Å². The molecule has 1 aromatic rings. The minimum absolute atomic E-state index is 0.187. The lowest BCUT2D eigenvalue weighted by molar-refractivity contribution is -0.385. The summed E-state index contributed by atoms with van der Waals surface area (Å²) in [7, 11) is 0. The topological polar surface area (TPSA) is 128 Å². The molecule has 0 aliphatic carbocycles. The summed E-state index contributed by atoms with van der Waals surface area (Å²) in [6.45, 7) is 3.39. The lowest BCUT2D eigenvalue weighted by atomic mass is 10.0. The molecule has 0 bridgehead atoms. The van der Waals surface area contributed by atoms with Crippen LogP contribution in [-0.4, -0.2) is 27.8 Å². The van der Waals surface area contributed by atoms with Crippen molar-refractivity contribution in [2.24, 2.45) is 11.7 Å². The largest absolute Gasteiger partial charge is 0.368 e. The Labute approximate surface area is 119 Å². The number of nitro groups is 1. The number of pyridine rings is 1. The van der Waals surface area contributed by atoms with E-state index in [2.05, 4.69) is 10.3 Å². The first-order valence-electron chi connectivity index (χ1n) is 5.64. The first kappa shape index (κ1) is 15.8. The van der Waals surface area contributed by atoms with E-state index in [0.717, 1.165) is 12.3 Å². The number of halogens is 1. The van der Waals surface area contributed by atoms with Gasteiger partial charge in [-0.3, -0.25) is 19.7 Å². The number of nitrogens with one attached hydrogen (secondary N) is 1. The highest BCUT2D eigenvalue weighted by Gasteiger charge is 2.24. The van der Waals surface area contributed by atoms with Crippen LogP contribution in [0.25, 0.3) is 0 Å². The Hall–Kier alpha value is -2.22. The fourth-order valence-electron chi connectivity index (χ4n) is 1.48. The van der Waals surface area contributed by atoms with Gasteiger partial charge < -0.3 is 11.1 Å². The van der Waals surface area contributed by atoms with E-state index < -0.39 is 22.8 Å². The molecule has 20 heavy (non-hydrogen) atoms. The zero-order valence-electron chi connectivity index (χ0n) is 10.8. The number of hydrogen-bond acceptors (Lipinski definition) is 5. The maximum absolute atomic E-state index is 12.0. The van der Waals surface area contributed by atoms with Gasteiger partial charge in [-0.25, -0.2) is 4.98 Å². The van der Waals surface area contributed by atoms with Crippen LogP contribution >= 0.6 is 11.6 Å². The predicted molar refractivity (Wildman–Crippen MR) is 71.2 cm³/mol. The van der Waals surface area contributed by atoms with Crippen LogP contribution in [0.1, 0.15) is 24.2 Å². The van der Waals surface area contributed by atoms with Gasteiger partial charge in [0, 0.05) is 6.07 Å². The normalized spacial score (nSPS) is 12.0. The highest BCUT2D eigenvalue weighted by atomic mass is 35.5. The van der Waals surface area contributed by atoms with E-state index in [-0.39, 0.29) is 22.3 Å². The second-order valence-corrected chi connectivity index (χ2v) is 4.74. The Morgan fingerprint density at radius 1 is 1.50 bits per heavy atom. The van der Waals surface area contributed by atoms with E-state index in [1.807, 2.05) is 0 Å². The van der Waals surface area contributed by atoms with E-state index in [0.29, 0.717) is 0 Å². The highest BCUT2D eigenvalue weighted by molar-refractivity contribution is 6.32. The SMILES string of the molecule is CC(C)C(NC(=O)c1cc([N+](=O)[O-])cnc1Cl)C(N)=O. The van der Waals surface area contributed by atoms with Gasteiger partial charge in [-0.1, -0.05) is 25.4 Å². The molecule has 0 aromatic carbocycles. The molecule has 0 aliphatic rings. The molecule has 1 aromatic heterocycles. The maximum atomic E-state index is 12.0. The van der Waals surface area contributed by atoms with Gasteiger partial charge in [0.1, 0.15) is 17.4 Å². The number of amides is 2.